The van der Waals surface area contributed by atoms with Gasteiger partial charge >= 0.3 is 0 Å². The molecule has 0 aliphatic carbocycles. The van der Waals surface area contributed by atoms with Crippen LogP contribution < -0.4 is 5.32 Å². The van der Waals surface area contributed by atoms with E-state index in [1.54, 1.807) is 0 Å². The molecule has 2 aromatic rings. The van der Waals surface area contributed by atoms with E-state index >= 15 is 0 Å². The summed E-state index contributed by atoms with van der Waals surface area (Å²) in [7, 11) is 0. The SMILES string of the molecule is Fc1cc(Br)ccc1CNCCCc1ccccc1. The van der Waals surface area contributed by atoms with Gasteiger partial charge in [0.2, 0.25) is 0 Å². The fourth-order valence-corrected chi connectivity index (χ4v) is 2.28. The molecule has 0 aliphatic heterocycles. The predicted molar refractivity (Wildman–Crippen MR) is 80.6 cm³/mol. The van der Waals surface area contributed by atoms with Crippen molar-refractivity contribution in [3.63, 3.8) is 0 Å². The van der Waals surface area contributed by atoms with Crippen LogP contribution in [0.5, 0.6) is 0 Å². The minimum atomic E-state index is -0.162. The van der Waals surface area contributed by atoms with Crippen molar-refractivity contribution in [2.24, 2.45) is 0 Å². The van der Waals surface area contributed by atoms with E-state index < -0.39 is 0 Å². The van der Waals surface area contributed by atoms with E-state index in [-0.39, 0.29) is 5.82 Å². The Balaban J connectivity index is 1.69. The smallest absolute Gasteiger partial charge is 0.128 e. The van der Waals surface area contributed by atoms with Gasteiger partial charge in [0.05, 0.1) is 0 Å². The average molecular weight is 322 g/mol. The third-order valence-electron chi connectivity index (χ3n) is 2.99. The number of aryl methyl sites for hydroxylation is 1. The van der Waals surface area contributed by atoms with Gasteiger partial charge in [-0.25, -0.2) is 4.39 Å². The number of halogens is 2. The molecule has 100 valence electrons. The van der Waals surface area contributed by atoms with Crippen LogP contribution >= 0.6 is 15.9 Å². The molecule has 0 atom stereocenters. The maximum Gasteiger partial charge on any atom is 0.128 e. The van der Waals surface area contributed by atoms with Crippen LogP contribution in [0.2, 0.25) is 0 Å². The fourth-order valence-electron chi connectivity index (χ4n) is 1.95. The monoisotopic (exact) mass is 321 g/mol. The van der Waals surface area contributed by atoms with Gasteiger partial charge in [0.1, 0.15) is 5.82 Å². The van der Waals surface area contributed by atoms with Gasteiger partial charge in [0.15, 0.2) is 0 Å². The summed E-state index contributed by atoms with van der Waals surface area (Å²) in [4.78, 5) is 0. The summed E-state index contributed by atoms with van der Waals surface area (Å²) in [6.07, 6.45) is 2.11. The van der Waals surface area contributed by atoms with Crippen LogP contribution in [-0.2, 0) is 13.0 Å². The molecule has 0 unspecified atom stereocenters. The van der Waals surface area contributed by atoms with Crippen molar-refractivity contribution in [2.45, 2.75) is 19.4 Å². The van der Waals surface area contributed by atoms with Crippen LogP contribution in [0.1, 0.15) is 17.5 Å². The lowest BCUT2D eigenvalue weighted by molar-refractivity contribution is 0.581. The summed E-state index contributed by atoms with van der Waals surface area (Å²) < 4.78 is 14.3. The third-order valence-corrected chi connectivity index (χ3v) is 3.49. The van der Waals surface area contributed by atoms with Crippen LogP contribution in [0, 0.1) is 5.82 Å². The molecule has 0 aromatic heterocycles. The van der Waals surface area contributed by atoms with Crippen LogP contribution in [0.3, 0.4) is 0 Å². The molecule has 0 fully saturated rings. The van der Waals surface area contributed by atoms with Gasteiger partial charge in [-0.2, -0.15) is 0 Å². The Morgan fingerprint density at radius 3 is 2.58 bits per heavy atom. The zero-order valence-electron chi connectivity index (χ0n) is 10.7. The van der Waals surface area contributed by atoms with Gasteiger partial charge in [0, 0.05) is 16.6 Å². The summed E-state index contributed by atoms with van der Waals surface area (Å²) in [5.41, 5.74) is 2.06. The van der Waals surface area contributed by atoms with Crippen LogP contribution in [-0.4, -0.2) is 6.54 Å². The standard InChI is InChI=1S/C16H17BrFN/c17-15-9-8-14(16(18)11-15)12-19-10-4-7-13-5-2-1-3-6-13/h1-3,5-6,8-9,11,19H,4,7,10,12H2. The Kier molecular flexibility index (Phi) is 5.55. The Labute approximate surface area is 122 Å². The molecular formula is C16H17BrFN. The molecule has 0 bridgehead atoms. The lowest BCUT2D eigenvalue weighted by Gasteiger charge is -2.06. The summed E-state index contributed by atoms with van der Waals surface area (Å²) in [5, 5.41) is 3.28. The van der Waals surface area contributed by atoms with Crippen LogP contribution in [0.25, 0.3) is 0 Å². The highest BCUT2D eigenvalue weighted by atomic mass is 79.9. The summed E-state index contributed by atoms with van der Waals surface area (Å²) >= 11 is 3.25. The van der Waals surface area contributed by atoms with Crippen molar-refractivity contribution in [3.8, 4) is 0 Å². The fraction of sp³-hybridized carbons (Fsp3) is 0.250. The second-order valence-electron chi connectivity index (χ2n) is 4.50. The molecule has 0 saturated carbocycles. The highest BCUT2D eigenvalue weighted by Gasteiger charge is 2.01. The zero-order valence-corrected chi connectivity index (χ0v) is 12.3. The van der Waals surface area contributed by atoms with Crippen molar-refractivity contribution >= 4 is 15.9 Å². The van der Waals surface area contributed by atoms with E-state index in [4.69, 9.17) is 0 Å². The maximum absolute atomic E-state index is 13.6. The maximum atomic E-state index is 13.6. The number of hydrogen-bond acceptors (Lipinski definition) is 1. The third kappa shape index (κ3) is 4.77. The first kappa shape index (κ1) is 14.2. The van der Waals surface area contributed by atoms with Crippen molar-refractivity contribution in [1.82, 2.24) is 5.32 Å². The largest absolute Gasteiger partial charge is 0.313 e. The van der Waals surface area contributed by atoms with Crippen LogP contribution in [0.15, 0.2) is 53.0 Å². The molecule has 2 aromatic carbocycles. The molecule has 19 heavy (non-hydrogen) atoms. The molecule has 1 N–H and O–H groups in total. The second kappa shape index (κ2) is 7.41. The predicted octanol–water partition coefficient (Wildman–Crippen LogP) is 4.31. The van der Waals surface area contributed by atoms with Gasteiger partial charge in [0.25, 0.3) is 0 Å². The molecule has 2 rings (SSSR count). The minimum Gasteiger partial charge on any atom is -0.313 e. The van der Waals surface area contributed by atoms with Crippen LogP contribution in [0.4, 0.5) is 4.39 Å². The first-order chi connectivity index (χ1) is 9.25. The highest BCUT2D eigenvalue weighted by molar-refractivity contribution is 9.10. The average Bonchev–Trinajstić information content (AvgIpc) is 2.42. The van der Waals surface area contributed by atoms with Gasteiger partial charge in [-0.15, -0.1) is 0 Å². The molecular weight excluding hydrogens is 305 g/mol. The molecule has 0 heterocycles. The van der Waals surface area contributed by atoms with Gasteiger partial charge in [-0.05, 0) is 37.1 Å². The minimum absolute atomic E-state index is 0.162. The Bertz CT molecular complexity index is 513. The highest BCUT2D eigenvalue weighted by Crippen LogP contribution is 2.15. The number of rotatable bonds is 6. The second-order valence-corrected chi connectivity index (χ2v) is 5.42. The van der Waals surface area contributed by atoms with E-state index in [9.17, 15) is 4.39 Å². The molecule has 1 nitrogen and oxygen atoms in total. The summed E-state index contributed by atoms with van der Waals surface area (Å²) in [6, 6.07) is 15.6. The first-order valence-electron chi connectivity index (χ1n) is 6.44. The molecule has 0 aliphatic rings. The van der Waals surface area contributed by atoms with E-state index in [0.29, 0.717) is 12.1 Å². The zero-order chi connectivity index (χ0) is 13.5. The Morgan fingerprint density at radius 1 is 1.05 bits per heavy atom. The molecule has 3 heteroatoms. The van der Waals surface area contributed by atoms with Crippen molar-refractivity contribution in [1.29, 1.82) is 0 Å². The lowest BCUT2D eigenvalue weighted by Crippen LogP contribution is -2.16. The number of hydrogen-bond donors (Lipinski definition) is 1. The van der Waals surface area contributed by atoms with E-state index in [2.05, 4.69) is 45.5 Å². The van der Waals surface area contributed by atoms with Gasteiger partial charge < -0.3 is 5.32 Å². The lowest BCUT2D eigenvalue weighted by atomic mass is 10.1. The van der Waals surface area contributed by atoms with Crippen molar-refractivity contribution in [3.05, 3.63) is 69.9 Å². The topological polar surface area (TPSA) is 12.0 Å². The van der Waals surface area contributed by atoms with E-state index in [0.717, 1.165) is 23.9 Å². The molecule has 0 spiro atoms. The summed E-state index contributed by atoms with van der Waals surface area (Å²) in [5.74, 6) is -0.162. The van der Waals surface area contributed by atoms with E-state index in [1.807, 2.05) is 18.2 Å². The summed E-state index contributed by atoms with van der Waals surface area (Å²) in [6.45, 7) is 1.47. The number of benzene rings is 2. The normalized spacial score (nSPS) is 10.6. The Hall–Kier alpha value is -1.19. The molecule has 0 radical (unpaired) electrons. The Morgan fingerprint density at radius 2 is 1.84 bits per heavy atom. The number of nitrogens with one attached hydrogen (secondary N) is 1. The van der Waals surface area contributed by atoms with Gasteiger partial charge in [-0.1, -0.05) is 52.3 Å². The van der Waals surface area contributed by atoms with Crippen molar-refractivity contribution < 1.29 is 4.39 Å². The van der Waals surface area contributed by atoms with Crippen molar-refractivity contribution in [2.75, 3.05) is 6.54 Å². The molecule has 0 saturated heterocycles. The quantitative estimate of drug-likeness (QED) is 0.782. The van der Waals surface area contributed by atoms with E-state index in [1.165, 1.54) is 11.6 Å². The first-order valence-corrected chi connectivity index (χ1v) is 7.23. The van der Waals surface area contributed by atoms with Gasteiger partial charge in [-0.3, -0.25) is 0 Å². The molecule has 0 amide bonds.